The minimum absolute atomic E-state index is 0.331. The Morgan fingerprint density at radius 3 is 2.70 bits per heavy atom. The van der Waals surface area contributed by atoms with E-state index in [1.54, 1.807) is 42.5 Å². The molecule has 0 aliphatic carbocycles. The molecule has 5 nitrogen and oxygen atoms in total. The molecule has 5 heteroatoms. The van der Waals surface area contributed by atoms with Crippen molar-refractivity contribution in [2.24, 2.45) is 0 Å². The first-order chi connectivity index (χ1) is 11.3. The van der Waals surface area contributed by atoms with Gasteiger partial charge in [-0.2, -0.15) is 0 Å². The highest BCUT2D eigenvalue weighted by molar-refractivity contribution is 5.87. The first kappa shape index (κ1) is 16.2. The number of carbonyl (C=O) groups is 1. The van der Waals surface area contributed by atoms with Crippen molar-refractivity contribution >= 4 is 11.8 Å². The molecule has 1 heterocycles. The van der Waals surface area contributed by atoms with Crippen LogP contribution >= 0.6 is 0 Å². The summed E-state index contributed by atoms with van der Waals surface area (Å²) in [5, 5.41) is 2.63. The van der Waals surface area contributed by atoms with Gasteiger partial charge in [-0.05, 0) is 24.3 Å². The molecule has 1 aliphatic heterocycles. The molecule has 1 N–H and O–H groups in total. The van der Waals surface area contributed by atoms with Crippen molar-refractivity contribution < 1.29 is 19.0 Å². The maximum Gasteiger partial charge on any atom is 0.417 e. The van der Waals surface area contributed by atoms with Gasteiger partial charge in [-0.1, -0.05) is 36.4 Å². The molecule has 118 valence electrons. The van der Waals surface area contributed by atoms with E-state index >= 15 is 0 Å². The van der Waals surface area contributed by atoms with E-state index in [9.17, 15) is 4.79 Å². The molecule has 23 heavy (non-hydrogen) atoms. The Morgan fingerprint density at radius 2 is 1.83 bits per heavy atom. The molecule has 0 saturated carbocycles. The van der Waals surface area contributed by atoms with Gasteiger partial charge in [0.2, 0.25) is 0 Å². The van der Waals surface area contributed by atoms with Gasteiger partial charge < -0.3 is 14.2 Å². The third-order valence-corrected chi connectivity index (χ3v) is 2.73. The average Bonchev–Trinajstić information content (AvgIpc) is 2.61. The van der Waals surface area contributed by atoms with Gasteiger partial charge in [0.1, 0.15) is 11.5 Å². The second kappa shape index (κ2) is 8.94. The van der Waals surface area contributed by atoms with Gasteiger partial charge in [0, 0.05) is 6.08 Å². The molecule has 0 radical (unpaired) electrons. The number of carbonyl (C=O) groups excluding carboxylic acids is 1. The fourth-order valence-electron chi connectivity index (χ4n) is 1.70. The first-order valence-corrected chi connectivity index (χ1v) is 6.93. The van der Waals surface area contributed by atoms with Gasteiger partial charge >= 0.3 is 6.09 Å². The van der Waals surface area contributed by atoms with Crippen molar-refractivity contribution in [3.05, 3.63) is 85.1 Å². The summed E-state index contributed by atoms with van der Waals surface area (Å²) < 4.78 is 15.5. The highest BCUT2D eigenvalue weighted by Gasteiger charge is 2.09. The van der Waals surface area contributed by atoms with Gasteiger partial charge in [-0.25, -0.2) is 4.79 Å². The minimum atomic E-state index is -0.625. The van der Waals surface area contributed by atoms with Crippen LogP contribution in [0.1, 0.15) is 0 Å². The number of benzene rings is 1. The van der Waals surface area contributed by atoms with E-state index in [-0.39, 0.29) is 0 Å². The molecule has 0 fully saturated rings. The summed E-state index contributed by atoms with van der Waals surface area (Å²) in [6.45, 7) is 0. The lowest BCUT2D eigenvalue weighted by Crippen LogP contribution is -2.13. The van der Waals surface area contributed by atoms with Crippen molar-refractivity contribution in [3.8, 4) is 5.75 Å². The summed E-state index contributed by atoms with van der Waals surface area (Å²) in [5.74, 6) is 0.882. The van der Waals surface area contributed by atoms with Crippen LogP contribution in [0.4, 0.5) is 10.5 Å². The number of ether oxygens (including phenoxy) is 3. The van der Waals surface area contributed by atoms with Crippen LogP contribution in [0.2, 0.25) is 0 Å². The highest BCUT2D eigenvalue weighted by atomic mass is 16.6. The normalized spacial score (nSPS) is 13.5. The van der Waals surface area contributed by atoms with Crippen molar-refractivity contribution in [2.75, 3.05) is 12.4 Å². The second-order valence-corrected chi connectivity index (χ2v) is 4.32. The molecule has 2 rings (SSSR count). The lowest BCUT2D eigenvalue weighted by atomic mass is 10.3. The maximum absolute atomic E-state index is 12.0. The van der Waals surface area contributed by atoms with Crippen LogP contribution in [0.25, 0.3) is 0 Å². The maximum atomic E-state index is 12.0. The predicted molar refractivity (Wildman–Crippen MR) is 88.8 cm³/mol. The number of para-hydroxylation sites is 2. The summed E-state index contributed by atoms with van der Waals surface area (Å²) in [6.07, 6.45) is 14.5. The lowest BCUT2D eigenvalue weighted by Gasteiger charge is -2.10. The van der Waals surface area contributed by atoms with Gasteiger partial charge in [-0.15, -0.1) is 0 Å². The second-order valence-electron chi connectivity index (χ2n) is 4.32. The molecule has 0 saturated heterocycles. The molecule has 1 aromatic carbocycles. The summed E-state index contributed by atoms with van der Waals surface area (Å²) in [5.41, 5.74) is 0.527. The minimum Gasteiger partial charge on any atom is -0.495 e. The standard InChI is InChI=1S/C18H17NO4/c1-21-17-11-7-6-10-16(17)19-18(20)23-15-9-5-3-2-4-8-13-22-14-12-15/h2-14H,1H3,(H,19,20). The number of hydrogen-bond acceptors (Lipinski definition) is 4. The van der Waals surface area contributed by atoms with Gasteiger partial charge in [0.25, 0.3) is 0 Å². The zero-order valence-corrected chi connectivity index (χ0v) is 12.6. The molecule has 0 bridgehead atoms. The molecule has 0 atom stereocenters. The zero-order valence-electron chi connectivity index (χ0n) is 12.6. The smallest absolute Gasteiger partial charge is 0.417 e. The summed E-state index contributed by atoms with van der Waals surface area (Å²) in [4.78, 5) is 12.0. The van der Waals surface area contributed by atoms with Crippen LogP contribution in [-0.4, -0.2) is 13.2 Å². The fraction of sp³-hybridized carbons (Fsp3) is 0.0556. The number of anilines is 1. The van der Waals surface area contributed by atoms with Crippen molar-refractivity contribution in [1.29, 1.82) is 0 Å². The summed E-state index contributed by atoms with van der Waals surface area (Å²) >= 11 is 0. The molecule has 0 unspecified atom stereocenters. The van der Waals surface area contributed by atoms with Gasteiger partial charge in [-0.3, -0.25) is 5.32 Å². The van der Waals surface area contributed by atoms with Gasteiger partial charge in [0.05, 0.1) is 25.3 Å². The Hall–Kier alpha value is -3.21. The van der Waals surface area contributed by atoms with Crippen LogP contribution in [-0.2, 0) is 9.47 Å². The molecule has 1 amide bonds. The number of hydrogen-bond donors (Lipinski definition) is 1. The first-order valence-electron chi connectivity index (χ1n) is 6.93. The Kier molecular flexibility index (Phi) is 6.28. The summed E-state index contributed by atoms with van der Waals surface area (Å²) in [7, 11) is 1.53. The SMILES string of the molecule is COc1ccccc1NC(=O)OC1=CC=CC=CC=COC=C1. The number of amides is 1. The highest BCUT2D eigenvalue weighted by Crippen LogP contribution is 2.23. The van der Waals surface area contributed by atoms with Crippen LogP contribution in [0.15, 0.2) is 85.1 Å². The lowest BCUT2D eigenvalue weighted by molar-refractivity contribution is 0.194. The van der Waals surface area contributed by atoms with E-state index in [1.165, 1.54) is 19.6 Å². The summed E-state index contributed by atoms with van der Waals surface area (Å²) in [6, 6.07) is 7.07. The van der Waals surface area contributed by atoms with Crippen molar-refractivity contribution in [1.82, 2.24) is 0 Å². The predicted octanol–water partition coefficient (Wildman–Crippen LogP) is 4.30. The van der Waals surface area contributed by atoms with Crippen molar-refractivity contribution in [2.45, 2.75) is 0 Å². The van der Waals surface area contributed by atoms with Crippen LogP contribution in [0.5, 0.6) is 5.75 Å². The topological polar surface area (TPSA) is 56.8 Å². The van der Waals surface area contributed by atoms with E-state index < -0.39 is 6.09 Å². The van der Waals surface area contributed by atoms with Gasteiger partial charge in [0.15, 0.2) is 0 Å². The Bertz CT molecular complexity index is 684. The Labute approximate surface area is 134 Å². The monoisotopic (exact) mass is 311 g/mol. The molecule has 0 aromatic heterocycles. The Balaban J connectivity index is 2.05. The number of methoxy groups -OCH3 is 1. The largest absolute Gasteiger partial charge is 0.495 e. The molecular formula is C18H17NO4. The third-order valence-electron chi connectivity index (χ3n) is 2.73. The molecular weight excluding hydrogens is 294 g/mol. The zero-order chi connectivity index (χ0) is 16.3. The fourth-order valence-corrected chi connectivity index (χ4v) is 1.70. The quantitative estimate of drug-likeness (QED) is 0.904. The van der Waals surface area contributed by atoms with Crippen molar-refractivity contribution in [3.63, 3.8) is 0 Å². The van der Waals surface area contributed by atoms with Crippen LogP contribution in [0, 0.1) is 0 Å². The van der Waals surface area contributed by atoms with E-state index in [4.69, 9.17) is 14.2 Å². The van der Waals surface area contributed by atoms with Crippen LogP contribution in [0.3, 0.4) is 0 Å². The number of rotatable bonds is 3. The van der Waals surface area contributed by atoms with E-state index in [2.05, 4.69) is 5.32 Å². The molecule has 1 aliphatic rings. The number of nitrogens with one attached hydrogen (secondary N) is 1. The van der Waals surface area contributed by atoms with E-state index in [1.807, 2.05) is 24.3 Å². The van der Waals surface area contributed by atoms with E-state index in [0.717, 1.165) is 0 Å². The molecule has 1 aromatic rings. The third kappa shape index (κ3) is 5.59. The molecule has 0 spiro atoms. The Morgan fingerprint density at radius 1 is 1.04 bits per heavy atom. The average molecular weight is 311 g/mol. The number of allylic oxidation sites excluding steroid dienone is 7. The van der Waals surface area contributed by atoms with E-state index in [0.29, 0.717) is 17.2 Å². The van der Waals surface area contributed by atoms with Crippen LogP contribution < -0.4 is 10.1 Å².